The summed E-state index contributed by atoms with van der Waals surface area (Å²) < 4.78 is 0. The normalized spacial score (nSPS) is 16.9. The highest BCUT2D eigenvalue weighted by Crippen LogP contribution is 2.31. The van der Waals surface area contributed by atoms with Crippen molar-refractivity contribution in [2.45, 2.75) is 6.10 Å². The number of carbonyl (C=O) groups excluding carboxylic acids is 1. The van der Waals surface area contributed by atoms with E-state index in [2.05, 4.69) is 5.32 Å². The van der Waals surface area contributed by atoms with Gasteiger partial charge in [-0.3, -0.25) is 0 Å². The summed E-state index contributed by atoms with van der Waals surface area (Å²) in [5.74, 6) is 1.86. The van der Waals surface area contributed by atoms with Crippen LogP contribution in [0.15, 0.2) is 60.3 Å². The quantitative estimate of drug-likeness (QED) is 0.819. The van der Waals surface area contributed by atoms with Crippen LogP contribution in [0.5, 0.6) is 0 Å². The van der Waals surface area contributed by atoms with Crippen LogP contribution in [0, 0.1) is 0 Å². The molecule has 98 valence electrons. The van der Waals surface area contributed by atoms with Crippen molar-refractivity contribution in [2.24, 2.45) is 0 Å². The number of para-hydroxylation sites is 1. The van der Waals surface area contributed by atoms with Crippen molar-refractivity contribution >= 4 is 23.3 Å². The number of hydrogen-bond donors (Lipinski definition) is 2. The molecule has 3 nitrogen and oxygen atoms in total. The van der Waals surface area contributed by atoms with Crippen LogP contribution in [0.25, 0.3) is 11.6 Å². The van der Waals surface area contributed by atoms with Gasteiger partial charge in [0.25, 0.3) is 0 Å². The van der Waals surface area contributed by atoms with Crippen LogP contribution in [0.4, 0.5) is 5.69 Å². The number of nitrogens with one attached hydrogen (secondary N) is 1. The van der Waals surface area contributed by atoms with Crippen LogP contribution >= 0.6 is 0 Å². The van der Waals surface area contributed by atoms with E-state index in [1.54, 1.807) is 0 Å². The van der Waals surface area contributed by atoms with Crippen LogP contribution in [0.3, 0.4) is 0 Å². The Kier molecular flexibility index (Phi) is 3.21. The molecule has 0 aromatic heterocycles. The van der Waals surface area contributed by atoms with E-state index in [0.717, 1.165) is 16.8 Å². The Morgan fingerprint density at radius 1 is 1.00 bits per heavy atom. The predicted molar refractivity (Wildman–Crippen MR) is 79.6 cm³/mol. The lowest BCUT2D eigenvalue weighted by Crippen LogP contribution is -2.22. The zero-order valence-corrected chi connectivity index (χ0v) is 10.7. The Bertz CT molecular complexity index is 713. The molecule has 1 aliphatic rings. The van der Waals surface area contributed by atoms with Gasteiger partial charge in [-0.05, 0) is 29.3 Å². The molecule has 0 heterocycles. The lowest BCUT2D eigenvalue weighted by atomic mass is 9.89. The minimum absolute atomic E-state index is 0.265. The van der Waals surface area contributed by atoms with E-state index in [0.29, 0.717) is 5.70 Å². The minimum Gasteiger partial charge on any atom is -0.381 e. The van der Waals surface area contributed by atoms with Gasteiger partial charge in [0.1, 0.15) is 12.0 Å². The molecule has 0 radical (unpaired) electrons. The van der Waals surface area contributed by atoms with Gasteiger partial charge < -0.3 is 10.4 Å². The third kappa shape index (κ3) is 2.16. The van der Waals surface area contributed by atoms with Gasteiger partial charge >= 0.3 is 0 Å². The summed E-state index contributed by atoms with van der Waals surface area (Å²) in [6.45, 7) is 0. The molecule has 0 amide bonds. The maximum Gasteiger partial charge on any atom is 0.131 e. The van der Waals surface area contributed by atoms with Gasteiger partial charge in [-0.25, -0.2) is 4.79 Å². The molecule has 3 rings (SSSR count). The van der Waals surface area contributed by atoms with Crippen LogP contribution < -0.4 is 5.32 Å². The van der Waals surface area contributed by atoms with Crippen molar-refractivity contribution in [1.82, 2.24) is 0 Å². The zero-order valence-electron chi connectivity index (χ0n) is 10.7. The first-order valence-electron chi connectivity index (χ1n) is 6.36. The Hall–Kier alpha value is -2.61. The van der Waals surface area contributed by atoms with Gasteiger partial charge in [-0.2, -0.15) is 0 Å². The summed E-state index contributed by atoms with van der Waals surface area (Å²) in [4.78, 5) is 11.2. The predicted octanol–water partition coefficient (Wildman–Crippen LogP) is 2.73. The molecule has 2 N–H and O–H groups in total. The Labute approximate surface area is 116 Å². The Morgan fingerprint density at radius 2 is 1.70 bits per heavy atom. The fourth-order valence-corrected chi connectivity index (χ4v) is 2.32. The summed E-state index contributed by atoms with van der Waals surface area (Å²) in [5, 5.41) is 13.5. The molecule has 0 saturated carbocycles. The molecule has 0 saturated heterocycles. The summed E-state index contributed by atoms with van der Waals surface area (Å²) in [5.41, 5.74) is 3.33. The maximum atomic E-state index is 11.2. The number of hydrogen-bond acceptors (Lipinski definition) is 3. The van der Waals surface area contributed by atoms with Crippen molar-refractivity contribution < 1.29 is 9.90 Å². The van der Waals surface area contributed by atoms with E-state index < -0.39 is 6.10 Å². The van der Waals surface area contributed by atoms with Crippen molar-refractivity contribution in [3.63, 3.8) is 0 Å². The zero-order chi connectivity index (χ0) is 13.9. The number of fused-ring (bicyclic) bond motifs is 1. The monoisotopic (exact) mass is 263 g/mol. The molecule has 1 atom stereocenters. The highest BCUT2D eigenvalue weighted by molar-refractivity contribution is 5.97. The molecule has 3 heteroatoms. The third-order valence-electron chi connectivity index (χ3n) is 3.30. The van der Waals surface area contributed by atoms with Gasteiger partial charge in [0.15, 0.2) is 0 Å². The molecule has 1 unspecified atom stereocenters. The summed E-state index contributed by atoms with van der Waals surface area (Å²) in [6.07, 6.45) is 0.871. The molecule has 2 aromatic rings. The smallest absolute Gasteiger partial charge is 0.131 e. The SMILES string of the molecule is O=C=C1c2ccccc2C=C(Nc2ccccc2)C1O. The molecular weight excluding hydrogens is 250 g/mol. The fourth-order valence-electron chi connectivity index (χ4n) is 2.32. The molecule has 1 aliphatic carbocycles. The first-order valence-corrected chi connectivity index (χ1v) is 6.36. The van der Waals surface area contributed by atoms with Crippen molar-refractivity contribution in [3.05, 3.63) is 71.4 Å². The van der Waals surface area contributed by atoms with Crippen molar-refractivity contribution in [2.75, 3.05) is 5.32 Å². The summed E-state index contributed by atoms with van der Waals surface area (Å²) in [6, 6.07) is 17.0. The number of rotatable bonds is 2. The molecular formula is C17H13NO2. The Balaban J connectivity index is 2.04. The van der Waals surface area contributed by atoms with Crippen molar-refractivity contribution in [1.29, 1.82) is 0 Å². The lowest BCUT2D eigenvalue weighted by Gasteiger charge is -2.24. The number of aliphatic hydroxyl groups is 1. The van der Waals surface area contributed by atoms with Gasteiger partial charge in [-0.1, -0.05) is 42.5 Å². The van der Waals surface area contributed by atoms with Gasteiger partial charge in [0, 0.05) is 5.69 Å². The molecule has 0 bridgehead atoms. The fraction of sp³-hybridized carbons (Fsp3) is 0.0588. The van der Waals surface area contributed by atoms with E-state index in [9.17, 15) is 9.90 Å². The number of aliphatic hydroxyl groups excluding tert-OH is 1. The molecule has 20 heavy (non-hydrogen) atoms. The van der Waals surface area contributed by atoms with Gasteiger partial charge in [0.2, 0.25) is 0 Å². The summed E-state index contributed by atoms with van der Waals surface area (Å²) in [7, 11) is 0. The van der Waals surface area contributed by atoms with E-state index in [-0.39, 0.29) is 5.57 Å². The summed E-state index contributed by atoms with van der Waals surface area (Å²) >= 11 is 0. The topological polar surface area (TPSA) is 49.3 Å². The molecule has 2 aromatic carbocycles. The standard InChI is InChI=1S/C17H13NO2/c19-11-15-14-9-5-4-6-12(14)10-16(17(15)20)18-13-7-2-1-3-8-13/h1-10,17-18,20H. The maximum absolute atomic E-state index is 11.2. The van der Waals surface area contributed by atoms with Crippen LogP contribution in [0.1, 0.15) is 11.1 Å². The third-order valence-corrected chi connectivity index (χ3v) is 3.30. The lowest BCUT2D eigenvalue weighted by molar-refractivity contribution is 0.270. The van der Waals surface area contributed by atoms with E-state index in [1.807, 2.05) is 66.6 Å². The second-order valence-corrected chi connectivity index (χ2v) is 4.60. The highest BCUT2D eigenvalue weighted by atomic mass is 16.3. The first kappa shape index (κ1) is 12.4. The number of anilines is 1. The minimum atomic E-state index is -0.984. The molecule has 0 fully saturated rings. The van der Waals surface area contributed by atoms with Crippen LogP contribution in [-0.4, -0.2) is 17.2 Å². The largest absolute Gasteiger partial charge is 0.381 e. The number of benzene rings is 2. The van der Waals surface area contributed by atoms with Gasteiger partial charge in [-0.15, -0.1) is 0 Å². The first-order chi connectivity index (χ1) is 9.79. The highest BCUT2D eigenvalue weighted by Gasteiger charge is 2.25. The second-order valence-electron chi connectivity index (χ2n) is 4.60. The second kappa shape index (κ2) is 5.17. The van der Waals surface area contributed by atoms with Crippen LogP contribution in [0.2, 0.25) is 0 Å². The average molecular weight is 263 g/mol. The van der Waals surface area contributed by atoms with Crippen LogP contribution in [-0.2, 0) is 4.79 Å². The van der Waals surface area contributed by atoms with E-state index in [4.69, 9.17) is 0 Å². The molecule has 0 aliphatic heterocycles. The molecule has 0 spiro atoms. The van der Waals surface area contributed by atoms with E-state index in [1.165, 1.54) is 0 Å². The average Bonchev–Trinajstić information content (AvgIpc) is 2.49. The Morgan fingerprint density at radius 3 is 2.45 bits per heavy atom. The van der Waals surface area contributed by atoms with Crippen molar-refractivity contribution in [3.8, 4) is 0 Å². The van der Waals surface area contributed by atoms with Gasteiger partial charge in [0.05, 0.1) is 11.3 Å². The van der Waals surface area contributed by atoms with E-state index >= 15 is 0 Å².